The van der Waals surface area contributed by atoms with Crippen molar-refractivity contribution in [3.8, 4) is 11.5 Å². The third kappa shape index (κ3) is 5.88. The molecule has 0 bridgehead atoms. The summed E-state index contributed by atoms with van der Waals surface area (Å²) in [6.07, 6.45) is 0.732. The Morgan fingerprint density at radius 2 is 1.94 bits per heavy atom. The molecule has 1 aliphatic rings. The molecule has 0 radical (unpaired) electrons. The van der Waals surface area contributed by atoms with Gasteiger partial charge >= 0.3 is 5.97 Å². The van der Waals surface area contributed by atoms with Crippen LogP contribution in [0.5, 0.6) is 11.5 Å². The summed E-state index contributed by atoms with van der Waals surface area (Å²) in [6.45, 7) is 1.68. The van der Waals surface area contributed by atoms with Crippen LogP contribution in [0, 0.1) is 0 Å². The van der Waals surface area contributed by atoms with Crippen LogP contribution in [0.3, 0.4) is 0 Å². The quantitative estimate of drug-likeness (QED) is 0.361. The number of carbonyl (C=O) groups excluding carboxylic acids is 1. The molecule has 2 aromatic rings. The van der Waals surface area contributed by atoms with Gasteiger partial charge in [-0.25, -0.2) is 18.2 Å². The van der Waals surface area contributed by atoms with Crippen molar-refractivity contribution in [2.24, 2.45) is 0 Å². The van der Waals surface area contributed by atoms with Crippen LogP contribution in [-0.4, -0.2) is 47.9 Å². The van der Waals surface area contributed by atoms with Gasteiger partial charge in [0, 0.05) is 5.02 Å². The third-order valence-corrected chi connectivity index (χ3v) is 7.40. The van der Waals surface area contributed by atoms with E-state index in [1.54, 1.807) is 19.1 Å². The molecule has 2 aromatic carbocycles. The largest absolute Gasteiger partial charge is 0.493 e. The summed E-state index contributed by atoms with van der Waals surface area (Å²) in [5.74, 6) is -1.24. The first-order valence-corrected chi connectivity index (χ1v) is 12.8. The van der Waals surface area contributed by atoms with Crippen molar-refractivity contribution in [2.45, 2.75) is 24.3 Å². The molecule has 0 spiro atoms. The zero-order valence-electron chi connectivity index (χ0n) is 17.8. The van der Waals surface area contributed by atoms with Crippen molar-refractivity contribution >= 4 is 67.9 Å². The number of sulfonamides is 1. The van der Waals surface area contributed by atoms with Crippen molar-refractivity contribution in [3.63, 3.8) is 0 Å². The van der Waals surface area contributed by atoms with Gasteiger partial charge in [0.25, 0.3) is 15.9 Å². The van der Waals surface area contributed by atoms with Gasteiger partial charge in [-0.05, 0) is 54.5 Å². The van der Waals surface area contributed by atoms with Crippen LogP contribution in [0.1, 0.15) is 18.9 Å². The summed E-state index contributed by atoms with van der Waals surface area (Å²) in [6, 6.07) is 10.1. The fourth-order valence-corrected chi connectivity index (χ4v) is 5.25. The Hall–Kier alpha value is -2.64. The number of thioether (sulfide) groups is 1. The van der Waals surface area contributed by atoms with Gasteiger partial charge < -0.3 is 14.6 Å². The first kappa shape index (κ1) is 26.0. The Morgan fingerprint density at radius 1 is 1.26 bits per heavy atom. The SMILES string of the molecule is CCC(Oc1ccc(/C=C2/SC(=S)N(NS(=O)(=O)c3ccc(Cl)cc3)C2=O)cc1OC)C(=O)O. The van der Waals surface area contributed by atoms with Crippen LogP contribution in [0.25, 0.3) is 6.08 Å². The Bertz CT molecular complexity index is 1260. The van der Waals surface area contributed by atoms with Crippen LogP contribution >= 0.6 is 35.6 Å². The topological polar surface area (TPSA) is 122 Å². The Morgan fingerprint density at radius 3 is 2.53 bits per heavy atom. The molecular formula is C21H19ClN2O7S3. The number of carboxylic acids is 1. The predicted octanol–water partition coefficient (Wildman–Crippen LogP) is 3.69. The van der Waals surface area contributed by atoms with E-state index in [2.05, 4.69) is 4.83 Å². The summed E-state index contributed by atoms with van der Waals surface area (Å²) < 4.78 is 36.1. The highest BCUT2D eigenvalue weighted by molar-refractivity contribution is 8.26. The number of rotatable bonds is 9. The number of hydrogen-bond donors (Lipinski definition) is 2. The van der Waals surface area contributed by atoms with Crippen molar-refractivity contribution in [1.29, 1.82) is 0 Å². The van der Waals surface area contributed by atoms with Crippen molar-refractivity contribution in [1.82, 2.24) is 9.84 Å². The molecule has 1 atom stereocenters. The molecule has 1 saturated heterocycles. The molecule has 9 nitrogen and oxygen atoms in total. The molecule has 1 aliphatic heterocycles. The fraction of sp³-hybridized carbons (Fsp3) is 0.190. The second kappa shape index (κ2) is 10.7. The number of halogens is 1. The summed E-state index contributed by atoms with van der Waals surface area (Å²) in [4.78, 5) is 26.4. The Labute approximate surface area is 210 Å². The van der Waals surface area contributed by atoms with Crippen molar-refractivity contribution in [2.75, 3.05) is 7.11 Å². The highest BCUT2D eigenvalue weighted by atomic mass is 35.5. The van der Waals surface area contributed by atoms with Crippen molar-refractivity contribution in [3.05, 3.63) is 58.0 Å². The molecule has 2 N–H and O–H groups in total. The van der Waals surface area contributed by atoms with E-state index < -0.39 is 28.0 Å². The first-order chi connectivity index (χ1) is 16.1. The van der Waals surface area contributed by atoms with E-state index in [1.807, 2.05) is 0 Å². The van der Waals surface area contributed by atoms with Gasteiger partial charge in [-0.1, -0.05) is 48.6 Å². The molecule has 1 fully saturated rings. The minimum absolute atomic E-state index is 0.00736. The van der Waals surface area contributed by atoms with Crippen LogP contribution in [0.15, 0.2) is 52.3 Å². The van der Waals surface area contributed by atoms with Crippen LogP contribution in [-0.2, 0) is 19.6 Å². The Kier molecular flexibility index (Phi) is 8.21. The number of aliphatic carboxylic acids is 1. The zero-order valence-corrected chi connectivity index (χ0v) is 21.1. The Balaban J connectivity index is 1.81. The lowest BCUT2D eigenvalue weighted by atomic mass is 10.1. The number of carboxylic acid groups (broad SMARTS) is 1. The number of ether oxygens (including phenoxy) is 2. The summed E-state index contributed by atoms with van der Waals surface area (Å²) >= 11 is 11.9. The lowest BCUT2D eigenvalue weighted by Gasteiger charge is -2.16. The minimum atomic E-state index is -4.08. The maximum Gasteiger partial charge on any atom is 0.344 e. The second-order valence-electron chi connectivity index (χ2n) is 6.83. The molecular weight excluding hydrogens is 524 g/mol. The van der Waals surface area contributed by atoms with E-state index in [0.717, 1.165) is 16.8 Å². The van der Waals surface area contributed by atoms with Crippen LogP contribution in [0.4, 0.5) is 0 Å². The van der Waals surface area contributed by atoms with Gasteiger partial charge in [0.15, 0.2) is 21.9 Å². The number of amides is 1. The molecule has 1 unspecified atom stereocenters. The first-order valence-electron chi connectivity index (χ1n) is 9.69. The third-order valence-electron chi connectivity index (χ3n) is 4.53. The lowest BCUT2D eigenvalue weighted by molar-refractivity contribution is -0.145. The van der Waals surface area contributed by atoms with E-state index in [0.29, 0.717) is 10.6 Å². The van der Waals surface area contributed by atoms with E-state index in [9.17, 15) is 23.1 Å². The standard InChI is InChI=1S/C21H19ClN2O7S3/c1-3-15(20(26)27)31-16-9-4-12(10-17(16)30-2)11-18-19(25)24(21(32)33-18)23-34(28,29)14-7-5-13(22)6-8-14/h4-11,15,23H,3H2,1-2H3,(H,26,27)/b18-11+. The minimum Gasteiger partial charge on any atom is -0.493 e. The maximum atomic E-state index is 12.8. The van der Waals surface area contributed by atoms with E-state index in [-0.39, 0.29) is 32.0 Å². The van der Waals surface area contributed by atoms with E-state index >= 15 is 0 Å². The molecule has 0 aromatic heterocycles. The number of thiocarbonyl (C=S) groups is 1. The lowest BCUT2D eigenvalue weighted by Crippen LogP contribution is -2.44. The molecule has 0 saturated carbocycles. The van der Waals surface area contributed by atoms with Gasteiger partial charge in [-0.15, -0.1) is 4.83 Å². The number of nitrogens with one attached hydrogen (secondary N) is 1. The number of carbonyl (C=O) groups is 2. The highest BCUT2D eigenvalue weighted by Gasteiger charge is 2.35. The molecule has 13 heteroatoms. The molecule has 34 heavy (non-hydrogen) atoms. The van der Waals surface area contributed by atoms with Gasteiger partial charge in [0.05, 0.1) is 16.9 Å². The van der Waals surface area contributed by atoms with Crippen LogP contribution < -0.4 is 14.3 Å². The average Bonchev–Trinajstić information content (AvgIpc) is 3.05. The average molecular weight is 543 g/mol. The van der Waals surface area contributed by atoms with E-state index in [1.165, 1.54) is 43.5 Å². The predicted molar refractivity (Wildman–Crippen MR) is 132 cm³/mol. The zero-order chi connectivity index (χ0) is 25.0. The van der Waals surface area contributed by atoms with Crippen LogP contribution in [0.2, 0.25) is 5.02 Å². The number of benzene rings is 2. The fourth-order valence-electron chi connectivity index (χ4n) is 2.82. The van der Waals surface area contributed by atoms with E-state index in [4.69, 9.17) is 33.3 Å². The molecule has 1 amide bonds. The van der Waals surface area contributed by atoms with Gasteiger partial charge in [0.2, 0.25) is 0 Å². The summed E-state index contributed by atoms with van der Waals surface area (Å²) in [5, 5.41) is 10.3. The number of methoxy groups -OCH3 is 1. The molecule has 180 valence electrons. The number of hydrogen-bond acceptors (Lipinski definition) is 8. The van der Waals surface area contributed by atoms with Gasteiger partial charge in [0.1, 0.15) is 0 Å². The molecule has 1 heterocycles. The molecule has 0 aliphatic carbocycles. The second-order valence-corrected chi connectivity index (χ2v) is 10.6. The van der Waals surface area contributed by atoms with Gasteiger partial charge in [-0.2, -0.15) is 0 Å². The number of nitrogens with zero attached hydrogens (tertiary/aromatic N) is 1. The monoisotopic (exact) mass is 542 g/mol. The molecule has 3 rings (SSSR count). The highest BCUT2D eigenvalue weighted by Crippen LogP contribution is 2.35. The normalized spacial score (nSPS) is 16.1. The van der Waals surface area contributed by atoms with Crippen molar-refractivity contribution < 1.29 is 32.6 Å². The summed E-state index contributed by atoms with van der Waals surface area (Å²) in [7, 11) is -2.67. The number of hydrazine groups is 1. The van der Waals surface area contributed by atoms with Gasteiger partial charge in [-0.3, -0.25) is 4.79 Å². The maximum absolute atomic E-state index is 12.8. The summed E-state index contributed by atoms with van der Waals surface area (Å²) in [5.41, 5.74) is 0.536. The smallest absolute Gasteiger partial charge is 0.344 e.